The van der Waals surface area contributed by atoms with Crippen LogP contribution in [-0.4, -0.2) is 10.2 Å². The molecule has 0 aliphatic heterocycles. The van der Waals surface area contributed by atoms with Gasteiger partial charge >= 0.3 is 0 Å². The van der Waals surface area contributed by atoms with Crippen molar-refractivity contribution in [3.8, 4) is 0 Å². The van der Waals surface area contributed by atoms with E-state index < -0.39 is 0 Å². The number of nitrogens with zero attached hydrogens (tertiary/aromatic N) is 2. The molecular formula is C9H6BrClN2O. The molecule has 5 heteroatoms. The fourth-order valence-corrected chi connectivity index (χ4v) is 1.50. The summed E-state index contributed by atoms with van der Waals surface area (Å²) in [7, 11) is 0. The molecule has 0 N–H and O–H groups in total. The second kappa shape index (κ2) is 4.11. The van der Waals surface area contributed by atoms with E-state index in [0.717, 1.165) is 15.9 Å². The van der Waals surface area contributed by atoms with Crippen molar-refractivity contribution in [3.05, 3.63) is 45.5 Å². The normalized spacial score (nSPS) is 10.4. The first-order valence-corrected chi connectivity index (χ1v) is 5.13. The SMILES string of the molecule is Clc1nnc(Cc2ccco2)cc1Br. The van der Waals surface area contributed by atoms with E-state index in [1.165, 1.54) is 0 Å². The molecule has 3 nitrogen and oxygen atoms in total. The van der Waals surface area contributed by atoms with Crippen molar-refractivity contribution in [2.24, 2.45) is 0 Å². The van der Waals surface area contributed by atoms with Crippen LogP contribution >= 0.6 is 27.5 Å². The van der Waals surface area contributed by atoms with Gasteiger partial charge in [0, 0.05) is 0 Å². The first kappa shape index (κ1) is 9.68. The second-order valence-corrected chi connectivity index (χ2v) is 3.94. The van der Waals surface area contributed by atoms with Gasteiger partial charge < -0.3 is 4.42 Å². The van der Waals surface area contributed by atoms with Gasteiger partial charge in [0.05, 0.1) is 22.9 Å². The van der Waals surface area contributed by atoms with Crippen molar-refractivity contribution >= 4 is 27.5 Å². The standard InChI is InChI=1S/C9H6BrClN2O/c10-8-5-6(12-13-9(8)11)4-7-2-1-3-14-7/h1-3,5H,4H2. The Hall–Kier alpha value is -0.870. The van der Waals surface area contributed by atoms with Crippen LogP contribution in [0, 0.1) is 0 Å². The number of rotatable bonds is 2. The van der Waals surface area contributed by atoms with E-state index in [4.69, 9.17) is 16.0 Å². The molecule has 0 fully saturated rings. The highest BCUT2D eigenvalue weighted by atomic mass is 79.9. The van der Waals surface area contributed by atoms with Crippen LogP contribution in [-0.2, 0) is 6.42 Å². The topological polar surface area (TPSA) is 38.9 Å². The third kappa shape index (κ3) is 2.13. The van der Waals surface area contributed by atoms with Crippen LogP contribution in [0.25, 0.3) is 0 Å². The Labute approximate surface area is 94.2 Å². The predicted molar refractivity (Wildman–Crippen MR) is 56.3 cm³/mol. The number of furan rings is 1. The van der Waals surface area contributed by atoms with E-state index >= 15 is 0 Å². The van der Waals surface area contributed by atoms with Crippen LogP contribution in [0.5, 0.6) is 0 Å². The van der Waals surface area contributed by atoms with Crippen molar-refractivity contribution in [2.45, 2.75) is 6.42 Å². The average molecular weight is 274 g/mol. The smallest absolute Gasteiger partial charge is 0.165 e. The minimum absolute atomic E-state index is 0.369. The van der Waals surface area contributed by atoms with Crippen molar-refractivity contribution in [1.29, 1.82) is 0 Å². The summed E-state index contributed by atoms with van der Waals surface area (Å²) in [5.41, 5.74) is 0.816. The third-order valence-electron chi connectivity index (χ3n) is 1.69. The molecule has 2 heterocycles. The van der Waals surface area contributed by atoms with Crippen molar-refractivity contribution in [2.75, 3.05) is 0 Å². The van der Waals surface area contributed by atoms with Crippen molar-refractivity contribution in [3.63, 3.8) is 0 Å². The van der Waals surface area contributed by atoms with E-state index in [0.29, 0.717) is 11.6 Å². The van der Waals surface area contributed by atoms with Crippen LogP contribution < -0.4 is 0 Å². The zero-order chi connectivity index (χ0) is 9.97. The van der Waals surface area contributed by atoms with Gasteiger partial charge in [0.25, 0.3) is 0 Å². The van der Waals surface area contributed by atoms with E-state index in [2.05, 4.69) is 26.1 Å². The summed E-state index contributed by atoms with van der Waals surface area (Å²) in [5.74, 6) is 0.855. The number of hydrogen-bond donors (Lipinski definition) is 0. The Morgan fingerprint density at radius 2 is 2.29 bits per heavy atom. The van der Waals surface area contributed by atoms with E-state index in [1.54, 1.807) is 6.26 Å². The minimum Gasteiger partial charge on any atom is -0.469 e. The molecule has 72 valence electrons. The predicted octanol–water partition coefficient (Wildman–Crippen LogP) is 3.08. The maximum Gasteiger partial charge on any atom is 0.165 e. The Balaban J connectivity index is 2.22. The molecule has 0 spiro atoms. The molecule has 2 rings (SSSR count). The lowest BCUT2D eigenvalue weighted by Gasteiger charge is -1.98. The van der Waals surface area contributed by atoms with Gasteiger partial charge in [-0.25, -0.2) is 0 Å². The van der Waals surface area contributed by atoms with Crippen LogP contribution in [0.4, 0.5) is 0 Å². The van der Waals surface area contributed by atoms with Gasteiger partial charge in [-0.05, 0) is 34.1 Å². The van der Waals surface area contributed by atoms with E-state index in [1.807, 2.05) is 18.2 Å². The van der Waals surface area contributed by atoms with Crippen LogP contribution in [0.1, 0.15) is 11.5 Å². The first-order chi connectivity index (χ1) is 6.75. The molecule has 0 aliphatic carbocycles. The molecule has 2 aromatic heterocycles. The molecule has 0 aromatic carbocycles. The quantitative estimate of drug-likeness (QED) is 0.844. The zero-order valence-corrected chi connectivity index (χ0v) is 9.42. The number of hydrogen-bond acceptors (Lipinski definition) is 3. The fourth-order valence-electron chi connectivity index (χ4n) is 1.07. The second-order valence-electron chi connectivity index (χ2n) is 2.73. The van der Waals surface area contributed by atoms with Gasteiger partial charge in [0.2, 0.25) is 0 Å². The third-order valence-corrected chi connectivity index (χ3v) is 2.80. The highest BCUT2D eigenvalue weighted by Gasteiger charge is 2.04. The van der Waals surface area contributed by atoms with Crippen LogP contribution in [0.2, 0.25) is 5.15 Å². The molecule has 14 heavy (non-hydrogen) atoms. The summed E-state index contributed by atoms with van der Waals surface area (Å²) in [6.45, 7) is 0. The van der Waals surface area contributed by atoms with Crippen LogP contribution in [0.15, 0.2) is 33.4 Å². The lowest BCUT2D eigenvalue weighted by atomic mass is 10.2. The molecule has 0 saturated heterocycles. The lowest BCUT2D eigenvalue weighted by Crippen LogP contribution is -1.94. The molecule has 0 bridgehead atoms. The van der Waals surface area contributed by atoms with Crippen molar-refractivity contribution in [1.82, 2.24) is 10.2 Å². The van der Waals surface area contributed by atoms with Crippen LogP contribution in [0.3, 0.4) is 0 Å². The number of halogens is 2. The highest BCUT2D eigenvalue weighted by molar-refractivity contribution is 9.10. The van der Waals surface area contributed by atoms with Crippen molar-refractivity contribution < 1.29 is 4.42 Å². The molecule has 0 amide bonds. The first-order valence-electron chi connectivity index (χ1n) is 3.95. The Bertz CT molecular complexity index is 430. The maximum atomic E-state index is 5.72. The number of aromatic nitrogens is 2. The summed E-state index contributed by atoms with van der Waals surface area (Å²) in [6.07, 6.45) is 2.25. The molecule has 0 saturated carbocycles. The summed E-state index contributed by atoms with van der Waals surface area (Å²) in [4.78, 5) is 0. The van der Waals surface area contributed by atoms with E-state index in [-0.39, 0.29) is 0 Å². The highest BCUT2D eigenvalue weighted by Crippen LogP contribution is 2.20. The molecular weight excluding hydrogens is 267 g/mol. The zero-order valence-electron chi connectivity index (χ0n) is 7.08. The van der Waals surface area contributed by atoms with Gasteiger partial charge in [-0.15, -0.1) is 5.10 Å². The van der Waals surface area contributed by atoms with Gasteiger partial charge in [0.1, 0.15) is 5.76 Å². The largest absolute Gasteiger partial charge is 0.469 e. The molecule has 0 radical (unpaired) electrons. The fraction of sp³-hybridized carbons (Fsp3) is 0.111. The average Bonchev–Trinajstić information content (AvgIpc) is 2.64. The Kier molecular flexibility index (Phi) is 2.84. The molecule has 0 aliphatic rings. The Morgan fingerprint density at radius 1 is 1.43 bits per heavy atom. The monoisotopic (exact) mass is 272 g/mol. The molecule has 0 unspecified atom stereocenters. The summed E-state index contributed by atoms with van der Waals surface area (Å²) >= 11 is 9.00. The van der Waals surface area contributed by atoms with Gasteiger partial charge in [-0.2, -0.15) is 5.10 Å². The van der Waals surface area contributed by atoms with E-state index in [9.17, 15) is 0 Å². The van der Waals surface area contributed by atoms with Gasteiger partial charge in [0.15, 0.2) is 5.15 Å². The molecule has 0 atom stereocenters. The summed E-state index contributed by atoms with van der Waals surface area (Å²) in [6, 6.07) is 5.57. The lowest BCUT2D eigenvalue weighted by molar-refractivity contribution is 0.518. The van der Waals surface area contributed by atoms with Gasteiger partial charge in [-0.1, -0.05) is 11.6 Å². The summed E-state index contributed by atoms with van der Waals surface area (Å²) in [5, 5.41) is 8.10. The summed E-state index contributed by atoms with van der Waals surface area (Å²) < 4.78 is 5.94. The Morgan fingerprint density at radius 3 is 2.93 bits per heavy atom. The minimum atomic E-state index is 0.369. The maximum absolute atomic E-state index is 5.72. The van der Waals surface area contributed by atoms with Gasteiger partial charge in [-0.3, -0.25) is 0 Å². The molecule has 2 aromatic rings.